The van der Waals surface area contributed by atoms with Gasteiger partial charge in [0.25, 0.3) is 0 Å². The number of rotatable bonds is 0. The molecule has 5 atom stereocenters. The van der Waals surface area contributed by atoms with Crippen molar-refractivity contribution in [3.63, 3.8) is 0 Å². The molecule has 0 aromatic rings. The van der Waals surface area contributed by atoms with Gasteiger partial charge in [0.2, 0.25) is 0 Å². The first-order valence-corrected chi connectivity index (χ1v) is 6.70. The van der Waals surface area contributed by atoms with Crippen LogP contribution in [0, 0.1) is 28.6 Å². The van der Waals surface area contributed by atoms with E-state index in [9.17, 15) is 5.11 Å². The van der Waals surface area contributed by atoms with Crippen LogP contribution < -0.4 is 0 Å². The zero-order chi connectivity index (χ0) is 11.7. The maximum atomic E-state index is 10.0. The van der Waals surface area contributed by atoms with Gasteiger partial charge in [0.05, 0.1) is 6.10 Å². The average molecular weight is 220 g/mol. The first kappa shape index (κ1) is 10.8. The second-order valence-electron chi connectivity index (χ2n) is 7.52. The SMILES string of the molecule is C=C1C(O)CC2C1CC(C)(C)CC1CC12C. The quantitative estimate of drug-likeness (QED) is 0.620. The molecule has 0 amide bonds. The van der Waals surface area contributed by atoms with Crippen LogP contribution in [0.5, 0.6) is 0 Å². The molecule has 1 N–H and O–H groups in total. The van der Waals surface area contributed by atoms with Gasteiger partial charge in [0.1, 0.15) is 0 Å². The van der Waals surface area contributed by atoms with E-state index in [-0.39, 0.29) is 6.10 Å². The molecule has 0 bridgehead atoms. The van der Waals surface area contributed by atoms with Gasteiger partial charge < -0.3 is 5.11 Å². The van der Waals surface area contributed by atoms with Gasteiger partial charge in [-0.25, -0.2) is 0 Å². The lowest BCUT2D eigenvalue weighted by molar-refractivity contribution is 0.185. The lowest BCUT2D eigenvalue weighted by Crippen LogP contribution is -2.21. The van der Waals surface area contributed by atoms with Gasteiger partial charge in [0.15, 0.2) is 0 Å². The number of hydrogen-bond acceptors (Lipinski definition) is 1. The van der Waals surface area contributed by atoms with Crippen LogP contribution in [0.4, 0.5) is 0 Å². The monoisotopic (exact) mass is 220 g/mol. The van der Waals surface area contributed by atoms with E-state index >= 15 is 0 Å². The molecule has 16 heavy (non-hydrogen) atoms. The van der Waals surface area contributed by atoms with Crippen LogP contribution in [0.15, 0.2) is 12.2 Å². The number of aliphatic hydroxyl groups excluding tert-OH is 1. The first-order chi connectivity index (χ1) is 7.33. The molecule has 1 nitrogen and oxygen atoms in total. The van der Waals surface area contributed by atoms with E-state index in [0.717, 1.165) is 17.9 Å². The zero-order valence-electron chi connectivity index (χ0n) is 10.8. The summed E-state index contributed by atoms with van der Waals surface area (Å²) in [4.78, 5) is 0. The summed E-state index contributed by atoms with van der Waals surface area (Å²) >= 11 is 0. The van der Waals surface area contributed by atoms with Crippen LogP contribution in [-0.4, -0.2) is 11.2 Å². The minimum Gasteiger partial charge on any atom is -0.389 e. The summed E-state index contributed by atoms with van der Waals surface area (Å²) in [5.41, 5.74) is 2.10. The molecule has 3 aliphatic carbocycles. The topological polar surface area (TPSA) is 20.2 Å². The van der Waals surface area contributed by atoms with Crippen LogP contribution in [0.25, 0.3) is 0 Å². The molecule has 90 valence electrons. The van der Waals surface area contributed by atoms with E-state index in [1.54, 1.807) is 0 Å². The zero-order valence-corrected chi connectivity index (χ0v) is 10.8. The van der Waals surface area contributed by atoms with Crippen molar-refractivity contribution in [2.75, 3.05) is 0 Å². The Morgan fingerprint density at radius 2 is 1.88 bits per heavy atom. The van der Waals surface area contributed by atoms with E-state index in [2.05, 4.69) is 27.4 Å². The van der Waals surface area contributed by atoms with Gasteiger partial charge >= 0.3 is 0 Å². The van der Waals surface area contributed by atoms with E-state index in [4.69, 9.17) is 0 Å². The predicted octanol–water partition coefficient (Wildman–Crippen LogP) is 3.39. The maximum absolute atomic E-state index is 10.0. The van der Waals surface area contributed by atoms with E-state index in [1.807, 2.05) is 0 Å². The number of fused-ring (bicyclic) bond motifs is 3. The third-order valence-corrected chi connectivity index (χ3v) is 5.74. The highest BCUT2D eigenvalue weighted by Crippen LogP contribution is 2.70. The minimum absolute atomic E-state index is 0.220. The second-order valence-corrected chi connectivity index (χ2v) is 7.52. The van der Waals surface area contributed by atoms with Gasteiger partial charge in [-0.2, -0.15) is 0 Å². The Labute approximate surface area is 98.9 Å². The molecule has 0 aromatic carbocycles. The molecule has 0 saturated heterocycles. The summed E-state index contributed by atoms with van der Waals surface area (Å²) in [6, 6.07) is 0. The van der Waals surface area contributed by atoms with E-state index in [0.29, 0.717) is 22.7 Å². The molecule has 3 fully saturated rings. The Morgan fingerprint density at radius 1 is 1.19 bits per heavy atom. The minimum atomic E-state index is -0.220. The van der Waals surface area contributed by atoms with Crippen molar-refractivity contribution in [1.29, 1.82) is 0 Å². The van der Waals surface area contributed by atoms with E-state index < -0.39 is 0 Å². The van der Waals surface area contributed by atoms with Crippen molar-refractivity contribution >= 4 is 0 Å². The lowest BCUT2D eigenvalue weighted by Gasteiger charge is -2.29. The molecule has 0 aliphatic heterocycles. The number of aliphatic hydroxyl groups is 1. The molecular formula is C15H24O. The van der Waals surface area contributed by atoms with Crippen molar-refractivity contribution in [2.45, 2.75) is 52.6 Å². The highest BCUT2D eigenvalue weighted by atomic mass is 16.3. The standard InChI is InChI=1S/C15H24O/c1-9-11-8-14(2,3)6-10-7-15(10,4)12(11)5-13(9)16/h10-13,16H,1,5-8H2,2-4H3. The summed E-state index contributed by atoms with van der Waals surface area (Å²) < 4.78 is 0. The Balaban J connectivity index is 1.96. The van der Waals surface area contributed by atoms with Gasteiger partial charge in [0, 0.05) is 0 Å². The first-order valence-electron chi connectivity index (χ1n) is 6.70. The smallest absolute Gasteiger partial charge is 0.0753 e. The fourth-order valence-electron chi connectivity index (χ4n) is 4.64. The van der Waals surface area contributed by atoms with Gasteiger partial charge in [-0.15, -0.1) is 0 Å². The van der Waals surface area contributed by atoms with Crippen LogP contribution in [0.3, 0.4) is 0 Å². The van der Waals surface area contributed by atoms with Crippen LogP contribution in [0.2, 0.25) is 0 Å². The van der Waals surface area contributed by atoms with Crippen molar-refractivity contribution in [3.05, 3.63) is 12.2 Å². The predicted molar refractivity (Wildman–Crippen MR) is 66.0 cm³/mol. The van der Waals surface area contributed by atoms with Crippen molar-refractivity contribution in [1.82, 2.24) is 0 Å². The summed E-state index contributed by atoms with van der Waals surface area (Å²) in [7, 11) is 0. The molecule has 0 spiro atoms. The summed E-state index contributed by atoms with van der Waals surface area (Å²) in [6.45, 7) is 11.4. The number of hydrogen-bond donors (Lipinski definition) is 1. The molecule has 3 saturated carbocycles. The fraction of sp³-hybridized carbons (Fsp3) is 0.867. The normalized spacial score (nSPS) is 54.1. The van der Waals surface area contributed by atoms with Crippen LogP contribution in [-0.2, 0) is 0 Å². The van der Waals surface area contributed by atoms with E-state index in [1.165, 1.54) is 19.3 Å². The van der Waals surface area contributed by atoms with Gasteiger partial charge in [-0.3, -0.25) is 0 Å². The molecule has 3 aliphatic rings. The summed E-state index contributed by atoms with van der Waals surface area (Å²) in [5.74, 6) is 2.21. The van der Waals surface area contributed by atoms with Crippen molar-refractivity contribution < 1.29 is 5.11 Å². The average Bonchev–Trinajstić information content (AvgIpc) is 2.72. The van der Waals surface area contributed by atoms with Gasteiger partial charge in [-0.1, -0.05) is 27.4 Å². The van der Waals surface area contributed by atoms with Crippen molar-refractivity contribution in [3.8, 4) is 0 Å². The maximum Gasteiger partial charge on any atom is 0.0753 e. The lowest BCUT2D eigenvalue weighted by atomic mass is 9.75. The third kappa shape index (κ3) is 1.33. The Morgan fingerprint density at radius 3 is 2.56 bits per heavy atom. The highest BCUT2D eigenvalue weighted by molar-refractivity contribution is 5.23. The Hall–Kier alpha value is -0.300. The molecule has 0 heterocycles. The molecule has 0 aromatic heterocycles. The Kier molecular flexibility index (Phi) is 1.98. The third-order valence-electron chi connectivity index (χ3n) is 5.74. The molecule has 3 rings (SSSR count). The molecule has 0 radical (unpaired) electrons. The molecule has 1 heteroatoms. The summed E-state index contributed by atoms with van der Waals surface area (Å²) in [6.07, 6.45) is 4.76. The van der Waals surface area contributed by atoms with Crippen LogP contribution >= 0.6 is 0 Å². The fourth-order valence-corrected chi connectivity index (χ4v) is 4.64. The molecule has 5 unspecified atom stereocenters. The summed E-state index contributed by atoms with van der Waals surface area (Å²) in [5, 5.41) is 10.0. The Bertz CT molecular complexity index is 343. The van der Waals surface area contributed by atoms with Crippen LogP contribution in [0.1, 0.15) is 46.5 Å². The second kappa shape index (κ2) is 2.93. The van der Waals surface area contributed by atoms with Crippen molar-refractivity contribution in [2.24, 2.45) is 28.6 Å². The molecular weight excluding hydrogens is 196 g/mol. The van der Waals surface area contributed by atoms with Gasteiger partial charge in [-0.05, 0) is 59.8 Å². The largest absolute Gasteiger partial charge is 0.389 e. The highest BCUT2D eigenvalue weighted by Gasteiger charge is 2.62.